The maximum absolute atomic E-state index is 12.4. The number of carbonyl (C=O) groups excluding carboxylic acids is 1. The van der Waals surface area contributed by atoms with Crippen LogP contribution in [0.1, 0.15) is 71.4 Å². The zero-order chi connectivity index (χ0) is 38.5. The van der Waals surface area contributed by atoms with Gasteiger partial charge >= 0.3 is 12.4 Å². The van der Waals surface area contributed by atoms with E-state index in [0.717, 1.165) is 78.2 Å². The number of piperidine rings is 1. The molecule has 0 aliphatic carbocycles. The third-order valence-electron chi connectivity index (χ3n) is 10.3. The average Bonchev–Trinajstić information content (AvgIpc) is 3.59. The number of hydrogen-bond donors (Lipinski definition) is 2. The molecule has 55 heavy (non-hydrogen) atoms. The van der Waals surface area contributed by atoms with Crippen LogP contribution in [0.25, 0.3) is 11.3 Å². The van der Waals surface area contributed by atoms with E-state index in [9.17, 15) is 18.0 Å². The normalized spacial score (nSPS) is 17.9. The second-order valence-electron chi connectivity index (χ2n) is 14.2. The lowest BCUT2D eigenvalue weighted by Gasteiger charge is -2.42. The predicted molar refractivity (Wildman–Crippen MR) is 201 cm³/mol. The van der Waals surface area contributed by atoms with Gasteiger partial charge < -0.3 is 15.5 Å². The third-order valence-corrected chi connectivity index (χ3v) is 10.3. The maximum Gasteiger partial charge on any atom is 0.522 e. The number of carbonyl (C=O) groups is 1. The van der Waals surface area contributed by atoms with Crippen LogP contribution in [0.4, 0.5) is 29.6 Å². The zero-order valence-electron chi connectivity index (χ0n) is 31.1. The Morgan fingerprint density at radius 1 is 0.891 bits per heavy atom. The summed E-state index contributed by atoms with van der Waals surface area (Å²) in [4.78, 5) is 35.1. The molecule has 15 heteroatoms. The third kappa shape index (κ3) is 9.28. The van der Waals surface area contributed by atoms with Crippen LogP contribution in [0.3, 0.4) is 0 Å². The van der Waals surface area contributed by atoms with Gasteiger partial charge in [0, 0.05) is 50.0 Å². The van der Waals surface area contributed by atoms with E-state index in [0.29, 0.717) is 5.95 Å². The van der Waals surface area contributed by atoms with Gasteiger partial charge in [-0.25, -0.2) is 14.8 Å². The van der Waals surface area contributed by atoms with Crippen LogP contribution in [0.5, 0.6) is 0 Å². The summed E-state index contributed by atoms with van der Waals surface area (Å²) in [5.41, 5.74) is 8.90. The monoisotopic (exact) mass is 754 g/mol. The van der Waals surface area contributed by atoms with Crippen LogP contribution in [-0.4, -0.2) is 77.6 Å². The van der Waals surface area contributed by atoms with E-state index in [1.165, 1.54) is 16.0 Å². The molecule has 2 aliphatic heterocycles. The molecule has 0 saturated carbocycles. The number of pyridine rings is 2. The summed E-state index contributed by atoms with van der Waals surface area (Å²) >= 11 is 0. The second-order valence-corrected chi connectivity index (χ2v) is 14.2. The number of anilines is 2. The van der Waals surface area contributed by atoms with Crippen LogP contribution < -0.4 is 10.6 Å². The molecule has 6 heterocycles. The van der Waals surface area contributed by atoms with E-state index >= 15 is 0 Å². The van der Waals surface area contributed by atoms with Crippen molar-refractivity contribution < 1.29 is 22.7 Å². The minimum absolute atomic E-state index is 0.103. The number of rotatable bonds is 12. The molecule has 7 rings (SSSR count). The molecule has 2 saturated heterocycles. The molecule has 0 bridgehead atoms. The molecular formula is C40H45F3N10O2. The van der Waals surface area contributed by atoms with E-state index in [-0.39, 0.29) is 31.7 Å². The highest BCUT2D eigenvalue weighted by molar-refractivity contribution is 5.75. The molecule has 2 fully saturated rings. The number of aromatic nitrogens is 6. The first-order valence-electron chi connectivity index (χ1n) is 18.6. The molecule has 0 radical (unpaired) electrons. The lowest BCUT2D eigenvalue weighted by Crippen LogP contribution is -2.58. The summed E-state index contributed by atoms with van der Waals surface area (Å²) < 4.78 is 43.1. The number of urea groups is 1. The fourth-order valence-corrected chi connectivity index (χ4v) is 7.52. The van der Waals surface area contributed by atoms with Crippen molar-refractivity contribution in [1.29, 1.82) is 0 Å². The maximum atomic E-state index is 12.4. The number of benzene rings is 1. The van der Waals surface area contributed by atoms with Gasteiger partial charge in [0.05, 0.1) is 54.1 Å². The van der Waals surface area contributed by atoms with Gasteiger partial charge in [-0.05, 0) is 93.0 Å². The summed E-state index contributed by atoms with van der Waals surface area (Å²) in [6.07, 6.45) is 7.62. The number of alkyl halides is 3. The first-order valence-corrected chi connectivity index (χ1v) is 18.6. The fourth-order valence-electron chi connectivity index (χ4n) is 7.52. The molecule has 2 N–H and O–H groups in total. The van der Waals surface area contributed by atoms with Gasteiger partial charge in [0.1, 0.15) is 6.10 Å². The summed E-state index contributed by atoms with van der Waals surface area (Å²) in [5, 5.41) is 10.7. The van der Waals surface area contributed by atoms with Crippen LogP contribution >= 0.6 is 0 Å². The van der Waals surface area contributed by atoms with Crippen LogP contribution in [0.2, 0.25) is 0 Å². The van der Waals surface area contributed by atoms with E-state index in [1.807, 2.05) is 66.6 Å². The molecule has 0 unspecified atom stereocenters. The lowest BCUT2D eigenvalue weighted by atomic mass is 9.88. The molecule has 2 amide bonds. The van der Waals surface area contributed by atoms with Crippen LogP contribution in [-0.2, 0) is 17.8 Å². The van der Waals surface area contributed by atoms with E-state index in [1.54, 1.807) is 12.4 Å². The van der Waals surface area contributed by atoms with Crippen molar-refractivity contribution in [2.75, 3.05) is 25.0 Å². The van der Waals surface area contributed by atoms with Crippen molar-refractivity contribution in [1.82, 2.24) is 44.8 Å². The van der Waals surface area contributed by atoms with Crippen molar-refractivity contribution in [2.24, 2.45) is 0 Å². The van der Waals surface area contributed by atoms with Gasteiger partial charge in [0.2, 0.25) is 5.95 Å². The Morgan fingerprint density at radius 3 is 2.25 bits per heavy atom. The number of amides is 2. The van der Waals surface area contributed by atoms with Crippen LogP contribution in [0, 0.1) is 20.8 Å². The Labute approximate surface area is 318 Å². The number of nitrogens with zero attached hydrogens (tertiary/aromatic N) is 8. The smallest absolute Gasteiger partial charge is 0.334 e. The fraction of sp³-hybridized carbons (Fsp3) is 0.400. The first-order chi connectivity index (χ1) is 26.5. The highest BCUT2D eigenvalue weighted by atomic mass is 19.4. The van der Waals surface area contributed by atoms with Gasteiger partial charge in [-0.3, -0.25) is 24.3 Å². The number of ether oxygens (including phenoxy) is 1. The summed E-state index contributed by atoms with van der Waals surface area (Å²) in [7, 11) is 0. The van der Waals surface area contributed by atoms with Crippen molar-refractivity contribution in [3.05, 3.63) is 113 Å². The van der Waals surface area contributed by atoms with Gasteiger partial charge in [-0.2, -0.15) is 5.10 Å². The molecule has 12 nitrogen and oxygen atoms in total. The Morgan fingerprint density at radius 2 is 1.60 bits per heavy atom. The second kappa shape index (κ2) is 16.5. The number of nitrogens with one attached hydrogen (secondary N) is 2. The van der Waals surface area contributed by atoms with Gasteiger partial charge in [-0.15, -0.1) is 13.2 Å². The topological polar surface area (TPSA) is 126 Å². The molecule has 1 aromatic carbocycles. The molecule has 0 spiro atoms. The summed E-state index contributed by atoms with van der Waals surface area (Å²) in [5.74, 6) is 0.434. The largest absolute Gasteiger partial charge is 0.522 e. The number of hydrogen-bond acceptors (Lipinski definition) is 9. The molecule has 2 atom stereocenters. The van der Waals surface area contributed by atoms with E-state index in [2.05, 4.69) is 56.3 Å². The zero-order valence-corrected chi connectivity index (χ0v) is 31.1. The van der Waals surface area contributed by atoms with Crippen molar-refractivity contribution in [3.8, 4) is 11.3 Å². The van der Waals surface area contributed by atoms with E-state index in [4.69, 9.17) is 15.0 Å². The summed E-state index contributed by atoms with van der Waals surface area (Å²) in [6, 6.07) is 15.9. The lowest BCUT2D eigenvalue weighted by molar-refractivity contribution is -0.352. The minimum atomic E-state index is -4.71. The molecule has 4 aromatic heterocycles. The van der Waals surface area contributed by atoms with Gasteiger partial charge in [0.25, 0.3) is 0 Å². The van der Waals surface area contributed by atoms with Crippen molar-refractivity contribution in [3.63, 3.8) is 0 Å². The number of likely N-dealkylation sites (tertiary alicyclic amines) is 2. The van der Waals surface area contributed by atoms with Crippen molar-refractivity contribution >= 4 is 17.7 Å². The first kappa shape index (κ1) is 37.9. The highest BCUT2D eigenvalue weighted by Crippen LogP contribution is 2.42. The Hall–Kier alpha value is -5.41. The molecule has 5 aromatic rings. The molecule has 288 valence electrons. The average molecular weight is 755 g/mol. The summed E-state index contributed by atoms with van der Waals surface area (Å²) in [6.45, 7) is 7.86. The molecular weight excluding hydrogens is 710 g/mol. The standard InChI is InChI=1S/C40H45F3N10O2/c1-26-8-5-15-44-36(26)34-10-4-11-35(37-27(2)9-6-16-45-37)53(34)19-7-18-52-23-31(22-48-52)49-38-46-17-14-33(50-38)29-12-13-30(28(3)20-29)21-47-39(54)51-24-32(25-51)55-40(41,42)43/h5-6,8-9,12-17,20,22-23,32,34-35H,4,7,10-11,18-19,21,24-25H2,1-3H3,(H,47,54)(H,46,49,50)/t34-,35+. The van der Waals surface area contributed by atoms with Gasteiger partial charge in [-0.1, -0.05) is 24.3 Å². The van der Waals surface area contributed by atoms with E-state index < -0.39 is 18.5 Å². The highest BCUT2D eigenvalue weighted by Gasteiger charge is 2.41. The SMILES string of the molecule is Cc1cc(-c2ccnc(Nc3cnn(CCCN4[C@@H](c5ncccc5C)CCC[C@H]4c4ncccc4C)c3)n2)ccc1CNC(=O)N1CC(OC(F)(F)F)C1. The Balaban J connectivity index is 0.946. The van der Waals surface area contributed by atoms with Gasteiger partial charge in [0.15, 0.2) is 0 Å². The minimum Gasteiger partial charge on any atom is -0.334 e. The Kier molecular flexibility index (Phi) is 11.4. The predicted octanol–water partition coefficient (Wildman–Crippen LogP) is 7.59. The van der Waals surface area contributed by atoms with Crippen LogP contribution in [0.15, 0.2) is 79.5 Å². The Bertz CT molecular complexity index is 2050. The van der Waals surface area contributed by atoms with Crippen molar-refractivity contribution in [2.45, 2.75) is 84.1 Å². The quantitative estimate of drug-likeness (QED) is 0.133. The number of halogens is 3. The molecule has 2 aliphatic rings. The number of aryl methyl sites for hydroxylation is 4.